The third kappa shape index (κ3) is 3.70. The number of benzene rings is 3. The van der Waals surface area contributed by atoms with E-state index in [1.807, 2.05) is 37.3 Å². The summed E-state index contributed by atoms with van der Waals surface area (Å²) in [5, 5.41) is 10.6. The van der Waals surface area contributed by atoms with Crippen LogP contribution in [0.5, 0.6) is 0 Å². The molecule has 0 radical (unpaired) electrons. The number of hydrogen-bond acceptors (Lipinski definition) is 4. The molecule has 6 heteroatoms. The summed E-state index contributed by atoms with van der Waals surface area (Å²) in [6, 6.07) is 20.3. The van der Waals surface area contributed by atoms with Gasteiger partial charge in [0.15, 0.2) is 0 Å². The first-order chi connectivity index (χ1) is 15.0. The molecule has 1 N–H and O–H groups in total. The second kappa shape index (κ2) is 7.63. The molecular weight excluding hydrogens is 404 g/mol. The molecule has 0 saturated heterocycles. The molecule has 0 bridgehead atoms. The Bertz CT molecular complexity index is 1400. The third-order valence-electron chi connectivity index (χ3n) is 5.50. The van der Waals surface area contributed by atoms with Crippen LogP contribution in [0.4, 0.5) is 5.82 Å². The van der Waals surface area contributed by atoms with Crippen molar-refractivity contribution < 1.29 is 4.79 Å². The summed E-state index contributed by atoms with van der Waals surface area (Å²) in [7, 11) is 0. The largest absolute Gasteiger partial charge is 0.310 e. The second-order valence-corrected chi connectivity index (χ2v) is 8.86. The predicted octanol–water partition coefficient (Wildman–Crippen LogP) is 5.74. The Labute approximate surface area is 184 Å². The zero-order chi connectivity index (χ0) is 21.5. The van der Waals surface area contributed by atoms with Crippen molar-refractivity contribution in [2.75, 3.05) is 5.32 Å². The first-order valence-corrected chi connectivity index (χ1v) is 11.0. The number of rotatable bonds is 4. The van der Waals surface area contributed by atoms with Gasteiger partial charge >= 0.3 is 0 Å². The highest BCUT2D eigenvalue weighted by molar-refractivity contribution is 7.20. The van der Waals surface area contributed by atoms with Crippen molar-refractivity contribution in [3.63, 3.8) is 0 Å². The number of amides is 1. The molecule has 0 fully saturated rings. The Kier molecular flexibility index (Phi) is 4.79. The summed E-state index contributed by atoms with van der Waals surface area (Å²) in [6.45, 7) is 6.11. The van der Waals surface area contributed by atoms with Gasteiger partial charge in [0, 0.05) is 6.07 Å². The van der Waals surface area contributed by atoms with E-state index in [-0.39, 0.29) is 5.91 Å². The number of nitrogens with one attached hydrogen (secondary N) is 1. The van der Waals surface area contributed by atoms with Gasteiger partial charge in [0.05, 0.1) is 22.3 Å². The molecule has 154 valence electrons. The monoisotopic (exact) mass is 426 g/mol. The maximum Gasteiger partial charge on any atom is 0.229 e. The molecule has 2 aromatic heterocycles. The SMILES string of the molecule is Cc1cc(NC(=O)Cc2cccc3ccccc23)n(-c2nc3cc(C)c(C)cc3s2)n1. The summed E-state index contributed by atoms with van der Waals surface area (Å²) >= 11 is 1.57. The Balaban J connectivity index is 1.45. The van der Waals surface area contributed by atoms with Gasteiger partial charge in [-0.3, -0.25) is 4.79 Å². The van der Waals surface area contributed by atoms with E-state index in [1.165, 1.54) is 11.1 Å². The molecule has 5 nitrogen and oxygen atoms in total. The molecule has 31 heavy (non-hydrogen) atoms. The van der Waals surface area contributed by atoms with Crippen LogP contribution in [0.1, 0.15) is 22.4 Å². The highest BCUT2D eigenvalue weighted by Gasteiger charge is 2.16. The van der Waals surface area contributed by atoms with Crippen molar-refractivity contribution in [3.05, 3.63) is 83.0 Å². The van der Waals surface area contributed by atoms with E-state index < -0.39 is 0 Å². The van der Waals surface area contributed by atoms with Gasteiger partial charge < -0.3 is 5.32 Å². The number of thiazole rings is 1. The minimum Gasteiger partial charge on any atom is -0.310 e. The van der Waals surface area contributed by atoms with E-state index in [2.05, 4.69) is 54.6 Å². The number of nitrogens with zero attached hydrogens (tertiary/aromatic N) is 3. The van der Waals surface area contributed by atoms with Crippen molar-refractivity contribution in [3.8, 4) is 5.13 Å². The number of carbonyl (C=O) groups excluding carboxylic acids is 1. The van der Waals surface area contributed by atoms with Crippen LogP contribution in [0.25, 0.3) is 26.1 Å². The van der Waals surface area contributed by atoms with Crippen LogP contribution in [0.15, 0.2) is 60.7 Å². The van der Waals surface area contributed by atoms with Crippen molar-refractivity contribution >= 4 is 44.1 Å². The molecular formula is C25H22N4OS. The Morgan fingerprint density at radius 3 is 2.65 bits per heavy atom. The summed E-state index contributed by atoms with van der Waals surface area (Å²) in [6.07, 6.45) is 0.295. The van der Waals surface area contributed by atoms with Crippen molar-refractivity contribution in [1.29, 1.82) is 0 Å². The maximum absolute atomic E-state index is 12.9. The quantitative estimate of drug-likeness (QED) is 0.398. The van der Waals surface area contributed by atoms with E-state index >= 15 is 0 Å². The van der Waals surface area contributed by atoms with Gasteiger partial charge in [-0.2, -0.15) is 9.78 Å². The molecule has 0 aliphatic rings. The first-order valence-electron chi connectivity index (χ1n) is 10.2. The molecule has 0 saturated carbocycles. The fourth-order valence-corrected chi connectivity index (χ4v) is 4.81. The molecule has 0 aliphatic heterocycles. The molecule has 5 rings (SSSR count). The first kappa shape index (κ1) is 19.5. The van der Waals surface area contributed by atoms with Crippen LogP contribution in [-0.2, 0) is 11.2 Å². The zero-order valence-electron chi connectivity index (χ0n) is 17.6. The lowest BCUT2D eigenvalue weighted by atomic mass is 10.0. The van der Waals surface area contributed by atoms with Crippen LogP contribution in [-0.4, -0.2) is 20.7 Å². The zero-order valence-corrected chi connectivity index (χ0v) is 18.5. The van der Waals surface area contributed by atoms with Crippen LogP contribution >= 0.6 is 11.3 Å². The fourth-order valence-electron chi connectivity index (χ4n) is 3.80. The van der Waals surface area contributed by atoms with Crippen LogP contribution in [0.3, 0.4) is 0 Å². The van der Waals surface area contributed by atoms with Gasteiger partial charge in [-0.15, -0.1) is 0 Å². The molecule has 2 heterocycles. The standard InChI is InChI=1S/C25H22N4OS/c1-15-11-21-22(12-16(15)2)31-25(26-21)29-23(13-17(3)28-29)27-24(30)14-19-9-6-8-18-7-4-5-10-20(18)19/h4-13H,14H2,1-3H3,(H,27,30). The average Bonchev–Trinajstić information content (AvgIpc) is 3.31. The van der Waals surface area contributed by atoms with E-state index in [9.17, 15) is 4.79 Å². The van der Waals surface area contributed by atoms with E-state index in [0.29, 0.717) is 12.2 Å². The Morgan fingerprint density at radius 2 is 1.77 bits per heavy atom. The van der Waals surface area contributed by atoms with E-state index in [4.69, 9.17) is 4.98 Å². The Hall–Kier alpha value is -3.51. The topological polar surface area (TPSA) is 59.8 Å². The van der Waals surface area contributed by atoms with Gasteiger partial charge in [-0.05, 0) is 60.4 Å². The summed E-state index contributed by atoms with van der Waals surface area (Å²) in [4.78, 5) is 17.7. The molecule has 5 aromatic rings. The van der Waals surface area contributed by atoms with Gasteiger partial charge in [-0.25, -0.2) is 4.98 Å². The predicted molar refractivity (Wildman–Crippen MR) is 127 cm³/mol. The van der Waals surface area contributed by atoms with Crippen LogP contribution in [0, 0.1) is 20.8 Å². The number of aromatic nitrogens is 3. The van der Waals surface area contributed by atoms with Gasteiger partial charge in [0.25, 0.3) is 0 Å². The van der Waals surface area contributed by atoms with Crippen molar-refractivity contribution in [2.24, 2.45) is 0 Å². The minimum absolute atomic E-state index is 0.0784. The molecule has 0 spiro atoms. The summed E-state index contributed by atoms with van der Waals surface area (Å²) in [5.74, 6) is 0.556. The van der Waals surface area contributed by atoms with Crippen molar-refractivity contribution in [2.45, 2.75) is 27.2 Å². The maximum atomic E-state index is 12.9. The third-order valence-corrected chi connectivity index (χ3v) is 6.50. The second-order valence-electron chi connectivity index (χ2n) is 7.85. The molecule has 1 amide bonds. The van der Waals surface area contributed by atoms with Gasteiger partial charge in [0.2, 0.25) is 11.0 Å². The van der Waals surface area contributed by atoms with Crippen LogP contribution < -0.4 is 5.32 Å². The highest BCUT2D eigenvalue weighted by Crippen LogP contribution is 2.29. The lowest BCUT2D eigenvalue weighted by molar-refractivity contribution is -0.115. The Morgan fingerprint density at radius 1 is 1.00 bits per heavy atom. The number of hydrogen-bond donors (Lipinski definition) is 1. The van der Waals surface area contributed by atoms with E-state index in [1.54, 1.807) is 16.0 Å². The van der Waals surface area contributed by atoms with Gasteiger partial charge in [0.1, 0.15) is 5.82 Å². The normalized spacial score (nSPS) is 11.3. The molecule has 3 aromatic carbocycles. The van der Waals surface area contributed by atoms with Crippen molar-refractivity contribution in [1.82, 2.24) is 14.8 Å². The fraction of sp³-hybridized carbons (Fsp3) is 0.160. The smallest absolute Gasteiger partial charge is 0.229 e. The highest BCUT2D eigenvalue weighted by atomic mass is 32.1. The number of fused-ring (bicyclic) bond motifs is 2. The summed E-state index contributed by atoms with van der Waals surface area (Å²) < 4.78 is 2.84. The van der Waals surface area contributed by atoms with Crippen LogP contribution in [0.2, 0.25) is 0 Å². The summed E-state index contributed by atoms with van der Waals surface area (Å²) in [5.41, 5.74) is 5.23. The lowest BCUT2D eigenvalue weighted by Crippen LogP contribution is -2.17. The van der Waals surface area contributed by atoms with Gasteiger partial charge in [-0.1, -0.05) is 53.8 Å². The number of carbonyl (C=O) groups is 1. The molecule has 0 atom stereocenters. The number of aryl methyl sites for hydroxylation is 3. The minimum atomic E-state index is -0.0784. The molecule has 0 unspecified atom stereocenters. The lowest BCUT2D eigenvalue weighted by Gasteiger charge is -2.08. The average molecular weight is 427 g/mol. The molecule has 0 aliphatic carbocycles. The number of anilines is 1. The van der Waals surface area contributed by atoms with E-state index in [0.717, 1.165) is 37.4 Å².